The Bertz CT molecular complexity index is 675. The van der Waals surface area contributed by atoms with Gasteiger partial charge in [-0.2, -0.15) is 0 Å². The second-order valence-corrected chi connectivity index (χ2v) is 5.89. The summed E-state index contributed by atoms with van der Waals surface area (Å²) in [4.78, 5) is 0. The number of nitrogens with one attached hydrogen (secondary N) is 2. The number of halogens is 2. The summed E-state index contributed by atoms with van der Waals surface area (Å²) in [6.45, 7) is 4.40. The number of rotatable bonds is 7. The number of benzene rings is 2. The van der Waals surface area contributed by atoms with Crippen molar-refractivity contribution >= 4 is 5.69 Å². The Morgan fingerprint density at radius 2 is 1.83 bits per heavy atom. The lowest BCUT2D eigenvalue weighted by Crippen LogP contribution is -2.26. The molecule has 0 radical (unpaired) electrons. The molecule has 2 nitrogen and oxygen atoms in total. The van der Waals surface area contributed by atoms with E-state index in [9.17, 15) is 8.78 Å². The van der Waals surface area contributed by atoms with Gasteiger partial charge in [-0.05, 0) is 61.3 Å². The van der Waals surface area contributed by atoms with Gasteiger partial charge in [0.25, 0.3) is 0 Å². The summed E-state index contributed by atoms with van der Waals surface area (Å²) in [5.41, 5.74) is 1.73. The van der Waals surface area contributed by atoms with Gasteiger partial charge in [0.15, 0.2) is 0 Å². The molecule has 23 heavy (non-hydrogen) atoms. The van der Waals surface area contributed by atoms with Crippen LogP contribution in [0.5, 0.6) is 0 Å². The predicted octanol–water partition coefficient (Wildman–Crippen LogP) is 4.61. The topological polar surface area (TPSA) is 24.1 Å². The molecule has 0 saturated heterocycles. The van der Waals surface area contributed by atoms with Crippen molar-refractivity contribution in [3.8, 4) is 0 Å². The van der Waals surface area contributed by atoms with Crippen LogP contribution in [0.1, 0.15) is 30.0 Å². The molecular formula is C19H20F2N2. The summed E-state index contributed by atoms with van der Waals surface area (Å²) < 4.78 is 28.5. The molecule has 2 aromatic carbocycles. The van der Waals surface area contributed by atoms with Crippen LogP contribution in [0.4, 0.5) is 14.5 Å². The molecule has 0 bridgehead atoms. The van der Waals surface area contributed by atoms with E-state index in [1.165, 1.54) is 31.0 Å². The van der Waals surface area contributed by atoms with Crippen LogP contribution in [0.3, 0.4) is 0 Å². The van der Waals surface area contributed by atoms with E-state index in [0.717, 1.165) is 17.8 Å². The molecule has 120 valence electrons. The maximum absolute atomic E-state index is 14.3. The van der Waals surface area contributed by atoms with Gasteiger partial charge in [0.05, 0.1) is 6.04 Å². The molecule has 0 amide bonds. The normalized spacial score (nSPS) is 15.2. The molecule has 0 spiro atoms. The molecule has 0 aromatic heterocycles. The first kappa shape index (κ1) is 15.7. The van der Waals surface area contributed by atoms with Gasteiger partial charge < -0.3 is 10.6 Å². The maximum atomic E-state index is 14.3. The van der Waals surface area contributed by atoms with Crippen molar-refractivity contribution in [1.82, 2.24) is 5.32 Å². The summed E-state index contributed by atoms with van der Waals surface area (Å²) in [6.07, 6.45) is 3.94. The first-order chi connectivity index (χ1) is 11.2. The molecule has 4 heteroatoms. The van der Waals surface area contributed by atoms with E-state index in [1.807, 2.05) is 24.3 Å². The van der Waals surface area contributed by atoms with Crippen molar-refractivity contribution < 1.29 is 8.78 Å². The average Bonchev–Trinajstić information content (AvgIpc) is 3.35. The highest BCUT2D eigenvalue weighted by molar-refractivity contribution is 5.50. The zero-order valence-corrected chi connectivity index (χ0v) is 12.9. The van der Waals surface area contributed by atoms with Crippen LogP contribution in [-0.2, 0) is 0 Å². The molecule has 2 aromatic rings. The van der Waals surface area contributed by atoms with E-state index < -0.39 is 17.7 Å². The molecule has 1 aliphatic carbocycles. The van der Waals surface area contributed by atoms with Crippen molar-refractivity contribution in [3.05, 3.63) is 78.0 Å². The molecule has 0 aliphatic heterocycles. The van der Waals surface area contributed by atoms with Gasteiger partial charge in [0.1, 0.15) is 11.6 Å². The number of hydrogen-bond acceptors (Lipinski definition) is 2. The van der Waals surface area contributed by atoms with Crippen molar-refractivity contribution in [3.63, 3.8) is 0 Å². The van der Waals surface area contributed by atoms with E-state index in [1.54, 1.807) is 6.20 Å². The third-order valence-corrected chi connectivity index (χ3v) is 4.08. The standard InChI is InChI=1S/C19H20F2N2/c1-2-22-15-6-3-5-14(11-15)19(23-12-13-9-10-13)18-16(20)7-4-8-17(18)21/h2-8,11,13,19,22-23H,1,9-10,12H2. The Labute approximate surface area is 135 Å². The van der Waals surface area contributed by atoms with Crippen LogP contribution in [0.25, 0.3) is 0 Å². The summed E-state index contributed by atoms with van der Waals surface area (Å²) in [5.74, 6) is -0.442. The van der Waals surface area contributed by atoms with Crippen LogP contribution in [-0.4, -0.2) is 6.54 Å². The molecule has 2 N–H and O–H groups in total. The highest BCUT2D eigenvalue weighted by Crippen LogP contribution is 2.32. The van der Waals surface area contributed by atoms with Gasteiger partial charge in [0.2, 0.25) is 0 Å². The fraction of sp³-hybridized carbons (Fsp3) is 0.263. The van der Waals surface area contributed by atoms with Crippen molar-refractivity contribution in [2.45, 2.75) is 18.9 Å². The minimum atomic E-state index is -0.527. The second kappa shape index (κ2) is 6.92. The van der Waals surface area contributed by atoms with E-state index in [2.05, 4.69) is 17.2 Å². The molecule has 1 saturated carbocycles. The average molecular weight is 314 g/mol. The minimum absolute atomic E-state index is 0.0731. The van der Waals surface area contributed by atoms with Crippen LogP contribution in [0.15, 0.2) is 55.2 Å². The molecule has 1 atom stereocenters. The first-order valence-corrected chi connectivity index (χ1v) is 7.83. The Balaban J connectivity index is 1.97. The number of hydrogen-bond donors (Lipinski definition) is 2. The fourth-order valence-corrected chi connectivity index (χ4v) is 2.71. The highest BCUT2D eigenvalue weighted by atomic mass is 19.1. The Hall–Kier alpha value is -2.20. The van der Waals surface area contributed by atoms with E-state index in [-0.39, 0.29) is 5.56 Å². The van der Waals surface area contributed by atoms with Gasteiger partial charge in [-0.3, -0.25) is 0 Å². The molecule has 3 rings (SSSR count). The van der Waals surface area contributed by atoms with E-state index in [0.29, 0.717) is 5.92 Å². The van der Waals surface area contributed by atoms with Crippen LogP contribution in [0.2, 0.25) is 0 Å². The van der Waals surface area contributed by atoms with Crippen molar-refractivity contribution in [2.24, 2.45) is 5.92 Å². The zero-order valence-electron chi connectivity index (χ0n) is 12.9. The molecule has 0 heterocycles. The second-order valence-electron chi connectivity index (χ2n) is 5.89. The predicted molar refractivity (Wildman–Crippen MR) is 89.2 cm³/mol. The lowest BCUT2D eigenvalue weighted by molar-refractivity contribution is 0.495. The third-order valence-electron chi connectivity index (χ3n) is 4.08. The maximum Gasteiger partial charge on any atom is 0.131 e. The van der Waals surface area contributed by atoms with Crippen molar-refractivity contribution in [2.75, 3.05) is 11.9 Å². The van der Waals surface area contributed by atoms with Gasteiger partial charge in [-0.1, -0.05) is 24.8 Å². The van der Waals surface area contributed by atoms with E-state index in [4.69, 9.17) is 0 Å². The summed E-state index contributed by atoms with van der Waals surface area (Å²) in [7, 11) is 0. The van der Waals surface area contributed by atoms with Crippen molar-refractivity contribution in [1.29, 1.82) is 0 Å². The quantitative estimate of drug-likeness (QED) is 0.780. The Morgan fingerprint density at radius 1 is 1.13 bits per heavy atom. The molecule has 1 fully saturated rings. The minimum Gasteiger partial charge on any atom is -0.362 e. The Kier molecular flexibility index (Phi) is 4.72. The summed E-state index contributed by atoms with van der Waals surface area (Å²) in [5, 5.41) is 6.34. The molecular weight excluding hydrogens is 294 g/mol. The SMILES string of the molecule is C=CNc1cccc(C(NCC2CC2)c2c(F)cccc2F)c1. The zero-order chi connectivity index (χ0) is 16.2. The van der Waals surface area contributed by atoms with Gasteiger partial charge in [-0.15, -0.1) is 0 Å². The fourth-order valence-electron chi connectivity index (χ4n) is 2.71. The number of anilines is 1. The van der Waals surface area contributed by atoms with Crippen LogP contribution in [0, 0.1) is 17.6 Å². The van der Waals surface area contributed by atoms with E-state index >= 15 is 0 Å². The third kappa shape index (κ3) is 3.77. The Morgan fingerprint density at radius 3 is 2.48 bits per heavy atom. The largest absolute Gasteiger partial charge is 0.362 e. The van der Waals surface area contributed by atoms with Gasteiger partial charge in [-0.25, -0.2) is 8.78 Å². The van der Waals surface area contributed by atoms with Crippen LogP contribution < -0.4 is 10.6 Å². The molecule has 1 aliphatic rings. The van der Waals surface area contributed by atoms with Gasteiger partial charge in [0, 0.05) is 11.3 Å². The summed E-state index contributed by atoms with van der Waals surface area (Å²) >= 11 is 0. The smallest absolute Gasteiger partial charge is 0.131 e. The lowest BCUT2D eigenvalue weighted by atomic mass is 9.97. The van der Waals surface area contributed by atoms with Crippen LogP contribution >= 0.6 is 0 Å². The van der Waals surface area contributed by atoms with Gasteiger partial charge >= 0.3 is 0 Å². The highest BCUT2D eigenvalue weighted by Gasteiger charge is 2.26. The molecule has 1 unspecified atom stereocenters. The first-order valence-electron chi connectivity index (χ1n) is 7.83. The monoisotopic (exact) mass is 314 g/mol. The summed E-state index contributed by atoms with van der Waals surface area (Å²) in [6, 6.07) is 11.0. The lowest BCUT2D eigenvalue weighted by Gasteiger charge is -2.21.